The van der Waals surface area contributed by atoms with E-state index >= 15 is 0 Å². The number of primary amides is 1. The van der Waals surface area contributed by atoms with E-state index in [4.69, 9.17) is 10.5 Å². The Hall–Kier alpha value is -2.51. The van der Waals surface area contributed by atoms with Crippen molar-refractivity contribution >= 4 is 17.8 Å². The molecule has 0 aliphatic carbocycles. The van der Waals surface area contributed by atoms with E-state index in [1.807, 2.05) is 0 Å². The third-order valence-electron chi connectivity index (χ3n) is 3.39. The molecular weight excluding hydrogens is 322 g/mol. The van der Waals surface area contributed by atoms with Crippen molar-refractivity contribution in [3.63, 3.8) is 0 Å². The molecule has 1 rings (SSSR count). The van der Waals surface area contributed by atoms with E-state index in [-0.39, 0.29) is 13.0 Å². The van der Waals surface area contributed by atoms with Gasteiger partial charge in [-0.1, -0.05) is 13.0 Å². The van der Waals surface area contributed by atoms with Gasteiger partial charge in [-0.15, -0.1) is 0 Å². The van der Waals surface area contributed by atoms with Crippen molar-refractivity contribution < 1.29 is 27.9 Å². The highest BCUT2D eigenvalue weighted by Crippen LogP contribution is 2.14. The molecule has 6 nitrogen and oxygen atoms in total. The molecule has 0 spiro atoms. The highest BCUT2D eigenvalue weighted by molar-refractivity contribution is 5.88. The van der Waals surface area contributed by atoms with Gasteiger partial charge in [0.2, 0.25) is 11.8 Å². The molecular formula is C16H20F2N2O4. The van der Waals surface area contributed by atoms with Crippen LogP contribution < -0.4 is 11.1 Å². The minimum atomic E-state index is -1.16. The lowest BCUT2D eigenvalue weighted by Gasteiger charge is -2.21. The van der Waals surface area contributed by atoms with Crippen LogP contribution in [0.15, 0.2) is 18.2 Å². The van der Waals surface area contributed by atoms with E-state index in [0.717, 1.165) is 12.1 Å². The maximum absolute atomic E-state index is 13.5. The monoisotopic (exact) mass is 342 g/mol. The zero-order chi connectivity index (χ0) is 18.3. The van der Waals surface area contributed by atoms with Crippen LogP contribution >= 0.6 is 0 Å². The van der Waals surface area contributed by atoms with Crippen LogP contribution in [0.3, 0.4) is 0 Å². The highest BCUT2D eigenvalue weighted by Gasteiger charge is 2.27. The van der Waals surface area contributed by atoms with E-state index in [0.29, 0.717) is 0 Å². The van der Waals surface area contributed by atoms with Gasteiger partial charge in [-0.3, -0.25) is 14.4 Å². The Morgan fingerprint density at radius 3 is 2.33 bits per heavy atom. The molecule has 0 heterocycles. The maximum Gasteiger partial charge on any atom is 0.306 e. The summed E-state index contributed by atoms with van der Waals surface area (Å²) in [7, 11) is 0. The fourth-order valence-electron chi connectivity index (χ4n) is 2.18. The van der Waals surface area contributed by atoms with Gasteiger partial charge in [-0.2, -0.15) is 0 Å². The van der Waals surface area contributed by atoms with Crippen molar-refractivity contribution in [1.82, 2.24) is 5.32 Å². The van der Waals surface area contributed by atoms with E-state index in [1.54, 1.807) is 6.92 Å². The van der Waals surface area contributed by atoms with Crippen LogP contribution in [0, 0.1) is 17.6 Å². The van der Waals surface area contributed by atoms with Gasteiger partial charge in [0.05, 0.1) is 19.4 Å². The second kappa shape index (κ2) is 8.95. The summed E-state index contributed by atoms with van der Waals surface area (Å²) in [6, 6.07) is 2.08. The molecule has 1 aromatic carbocycles. The van der Waals surface area contributed by atoms with Gasteiger partial charge in [0.1, 0.15) is 17.7 Å². The highest BCUT2D eigenvalue weighted by atomic mass is 19.1. The summed E-state index contributed by atoms with van der Waals surface area (Å²) < 4.78 is 31.9. The van der Waals surface area contributed by atoms with E-state index in [2.05, 4.69) is 5.32 Å². The maximum atomic E-state index is 13.5. The summed E-state index contributed by atoms with van der Waals surface area (Å²) in [6.07, 6.45) is -0.718. The number of carbonyl (C=O) groups is 3. The first-order valence-corrected chi connectivity index (χ1v) is 7.43. The topological polar surface area (TPSA) is 98.5 Å². The molecule has 3 N–H and O–H groups in total. The number of benzene rings is 1. The molecule has 0 fully saturated rings. The third kappa shape index (κ3) is 5.60. The summed E-state index contributed by atoms with van der Waals surface area (Å²) in [4.78, 5) is 34.9. The lowest BCUT2D eigenvalue weighted by Crippen LogP contribution is -2.49. The first-order chi connectivity index (χ1) is 11.3. The molecule has 1 aromatic rings. The number of ether oxygens (including phenoxy) is 1. The van der Waals surface area contributed by atoms with Gasteiger partial charge >= 0.3 is 5.97 Å². The van der Waals surface area contributed by atoms with Crippen molar-refractivity contribution in [1.29, 1.82) is 0 Å². The normalized spacial score (nSPS) is 13.0. The molecule has 0 saturated heterocycles. The molecule has 2 atom stereocenters. The number of nitrogens with two attached hydrogens (primary N) is 1. The Bertz CT molecular complexity index is 602. The Kier molecular flexibility index (Phi) is 7.29. The number of hydrogen-bond acceptors (Lipinski definition) is 4. The molecule has 0 unspecified atom stereocenters. The van der Waals surface area contributed by atoms with Gasteiger partial charge in [0.15, 0.2) is 0 Å². The summed E-state index contributed by atoms with van der Waals surface area (Å²) in [6.45, 7) is 3.36. The molecule has 0 aliphatic rings. The summed E-state index contributed by atoms with van der Waals surface area (Å²) >= 11 is 0. The van der Waals surface area contributed by atoms with Crippen LogP contribution in [0.2, 0.25) is 0 Å². The van der Waals surface area contributed by atoms with Crippen LogP contribution in [0.5, 0.6) is 0 Å². The van der Waals surface area contributed by atoms with Gasteiger partial charge in [-0.25, -0.2) is 8.78 Å². The van der Waals surface area contributed by atoms with Gasteiger partial charge in [0, 0.05) is 5.56 Å². The van der Waals surface area contributed by atoms with Crippen LogP contribution in [0.4, 0.5) is 8.78 Å². The number of halogens is 2. The Balaban J connectivity index is 2.76. The first kappa shape index (κ1) is 19.5. The zero-order valence-corrected chi connectivity index (χ0v) is 13.5. The minimum absolute atomic E-state index is 0.129. The van der Waals surface area contributed by atoms with Crippen molar-refractivity contribution in [2.75, 3.05) is 6.61 Å². The molecule has 0 aromatic heterocycles. The number of hydrogen-bond donors (Lipinski definition) is 2. The average Bonchev–Trinajstić information content (AvgIpc) is 2.48. The SMILES string of the molecule is CCOC(=O)C[C@@H](C)[C@@H](NC(=O)Cc1c(F)cccc1F)C(N)=O. The van der Waals surface area contributed by atoms with E-state index in [9.17, 15) is 23.2 Å². The average molecular weight is 342 g/mol. The zero-order valence-electron chi connectivity index (χ0n) is 13.5. The molecule has 0 saturated carbocycles. The fraction of sp³-hybridized carbons (Fsp3) is 0.438. The van der Waals surface area contributed by atoms with E-state index in [1.165, 1.54) is 13.0 Å². The second-order valence-corrected chi connectivity index (χ2v) is 5.31. The summed E-state index contributed by atoms with van der Waals surface area (Å²) in [5, 5.41) is 2.31. The van der Waals surface area contributed by atoms with Crippen molar-refractivity contribution in [3.8, 4) is 0 Å². The lowest BCUT2D eigenvalue weighted by molar-refractivity contribution is -0.144. The Labute approximate surface area is 138 Å². The molecule has 2 amide bonds. The van der Waals surface area contributed by atoms with Gasteiger partial charge in [0.25, 0.3) is 0 Å². The van der Waals surface area contributed by atoms with Crippen LogP contribution in [-0.2, 0) is 25.5 Å². The number of nitrogens with one attached hydrogen (secondary N) is 1. The van der Waals surface area contributed by atoms with Gasteiger partial charge in [-0.05, 0) is 25.0 Å². The van der Waals surface area contributed by atoms with Crippen LogP contribution in [-0.4, -0.2) is 30.4 Å². The predicted molar refractivity (Wildman–Crippen MR) is 81.6 cm³/mol. The Morgan fingerprint density at radius 1 is 1.25 bits per heavy atom. The fourth-order valence-corrected chi connectivity index (χ4v) is 2.18. The quantitative estimate of drug-likeness (QED) is 0.690. The Morgan fingerprint density at radius 2 is 1.83 bits per heavy atom. The largest absolute Gasteiger partial charge is 0.466 e. The lowest BCUT2D eigenvalue weighted by atomic mass is 9.97. The minimum Gasteiger partial charge on any atom is -0.466 e. The van der Waals surface area contributed by atoms with Crippen molar-refractivity contribution in [2.24, 2.45) is 11.7 Å². The summed E-state index contributed by atoms with van der Waals surface area (Å²) in [5.74, 6) is -4.52. The summed E-state index contributed by atoms with van der Waals surface area (Å²) in [5.41, 5.74) is 4.83. The number of rotatable bonds is 8. The van der Waals surface area contributed by atoms with E-state index < -0.39 is 53.4 Å². The molecule has 0 aliphatic heterocycles. The van der Waals surface area contributed by atoms with Crippen LogP contribution in [0.25, 0.3) is 0 Å². The molecule has 8 heteroatoms. The van der Waals surface area contributed by atoms with Crippen LogP contribution in [0.1, 0.15) is 25.8 Å². The molecule has 0 radical (unpaired) electrons. The van der Waals surface area contributed by atoms with Gasteiger partial charge < -0.3 is 15.8 Å². The number of carbonyl (C=O) groups excluding carboxylic acids is 3. The van der Waals surface area contributed by atoms with Crippen molar-refractivity contribution in [2.45, 2.75) is 32.7 Å². The predicted octanol–water partition coefficient (Wildman–Crippen LogP) is 1.07. The molecule has 0 bridgehead atoms. The van der Waals surface area contributed by atoms with Crippen molar-refractivity contribution in [3.05, 3.63) is 35.4 Å². The number of amides is 2. The molecule has 24 heavy (non-hydrogen) atoms. The standard InChI is InChI=1S/C16H20F2N2O4/c1-3-24-14(22)7-9(2)15(16(19)23)20-13(21)8-10-11(17)5-4-6-12(10)18/h4-6,9,15H,3,7-8H2,1-2H3,(H2,19,23)(H,20,21)/t9-,15-/m1/s1. The third-order valence-corrected chi connectivity index (χ3v) is 3.39. The smallest absolute Gasteiger partial charge is 0.306 e. The number of esters is 1. The first-order valence-electron chi connectivity index (χ1n) is 7.43. The second-order valence-electron chi connectivity index (χ2n) is 5.31. The molecule has 132 valence electrons.